The average Bonchev–Trinajstić information content (AvgIpc) is 1.96. The Morgan fingerprint density at radius 3 is 2.00 bits per heavy atom. The number of hydrogen-bond acceptors (Lipinski definition) is 4. The second-order valence-electron chi connectivity index (χ2n) is 1.88. The topological polar surface area (TPSA) is 147 Å². The first kappa shape index (κ1) is 15.6. The number of amides is 2. The van der Waals surface area contributed by atoms with Crippen LogP contribution in [0.15, 0.2) is 0 Å². The van der Waals surface area contributed by atoms with Crippen molar-refractivity contribution in [2.24, 2.45) is 0 Å². The third kappa shape index (κ3) is 5.00. The van der Waals surface area contributed by atoms with Gasteiger partial charge in [0, 0.05) is 0 Å². The maximum absolute atomic E-state index is 10.5. The fraction of sp³-hybridized carbons (Fsp3) is 0.333. The number of carbonyl (C=O) groups excluding carboxylic acids is 1. The van der Waals surface area contributed by atoms with Crippen LogP contribution in [0.3, 0.4) is 0 Å². The van der Waals surface area contributed by atoms with Gasteiger partial charge in [-0.3, -0.25) is 10.0 Å². The molecule has 0 saturated carbocycles. The van der Waals surface area contributed by atoms with Crippen LogP contribution in [0.4, 0.5) is 4.79 Å². The molecule has 0 saturated heterocycles. The molecule has 0 aromatic carbocycles. The molecule has 0 aliphatic rings. The van der Waals surface area contributed by atoms with Gasteiger partial charge in [-0.05, 0) is 0 Å². The molecule has 0 heterocycles. The summed E-state index contributed by atoms with van der Waals surface area (Å²) in [5.74, 6) is -1.62. The maximum atomic E-state index is 10.5. The zero-order valence-electron chi connectivity index (χ0n) is 6.52. The number of hydroxylamine groups is 1. The van der Waals surface area contributed by atoms with Gasteiger partial charge >= 0.3 is 19.7 Å². The van der Waals surface area contributed by atoms with Gasteiger partial charge in [-0.25, -0.2) is 19.5 Å². The normalized spacial score (nSPS) is 9.93. The molecule has 0 aliphatic heterocycles. The van der Waals surface area contributed by atoms with Crippen molar-refractivity contribution in [3.63, 3.8) is 0 Å². The highest BCUT2D eigenvalue weighted by Gasteiger charge is 2.32. The third-order valence-corrected chi connectivity index (χ3v) is 1.88. The highest BCUT2D eigenvalue weighted by atomic mass is 35.5. The van der Waals surface area contributed by atoms with Crippen molar-refractivity contribution in [3.8, 4) is 0 Å². The van der Waals surface area contributed by atoms with Crippen LogP contribution in [-0.4, -0.2) is 43.3 Å². The molecule has 0 fully saturated rings. The summed E-state index contributed by atoms with van der Waals surface area (Å²) in [5.41, 5.74) is 0.908. The van der Waals surface area contributed by atoms with E-state index in [4.69, 9.17) is 20.1 Å². The lowest BCUT2D eigenvalue weighted by Crippen LogP contribution is -2.39. The number of halogens is 1. The number of aliphatic carboxylic acids is 1. The van der Waals surface area contributed by atoms with E-state index in [1.54, 1.807) is 0 Å². The maximum Gasteiger partial charge on any atom is 0.434 e. The molecule has 0 rings (SSSR count). The summed E-state index contributed by atoms with van der Waals surface area (Å²) in [5, 5.41) is 16.1. The molecular formula is C3H8ClN2O7P. The lowest BCUT2D eigenvalue weighted by Gasteiger charge is -2.19. The fourth-order valence-electron chi connectivity index (χ4n) is 0.468. The van der Waals surface area contributed by atoms with E-state index in [9.17, 15) is 14.2 Å². The van der Waals surface area contributed by atoms with Gasteiger partial charge in [-0.15, -0.1) is 12.4 Å². The second kappa shape index (κ2) is 5.78. The van der Waals surface area contributed by atoms with Crippen molar-refractivity contribution in [1.82, 2.24) is 10.2 Å². The summed E-state index contributed by atoms with van der Waals surface area (Å²) in [6.07, 6.45) is 0. The number of nitrogens with zero attached hydrogens (tertiary/aromatic N) is 1. The predicted octanol–water partition coefficient (Wildman–Crippen LogP) is -1.01. The van der Waals surface area contributed by atoms with E-state index in [1.807, 2.05) is 0 Å². The summed E-state index contributed by atoms with van der Waals surface area (Å²) in [4.78, 5) is 37.4. The molecule has 11 heteroatoms. The number of carboxylic acid groups (broad SMARTS) is 1. The summed E-state index contributed by atoms with van der Waals surface area (Å²) < 4.78 is 10.1. The van der Waals surface area contributed by atoms with E-state index in [0.717, 1.165) is 5.48 Å². The van der Waals surface area contributed by atoms with Gasteiger partial charge in [0.05, 0.1) is 0 Å². The molecule has 0 spiro atoms. The van der Waals surface area contributed by atoms with Crippen LogP contribution in [0.1, 0.15) is 0 Å². The van der Waals surface area contributed by atoms with Crippen molar-refractivity contribution in [1.29, 1.82) is 0 Å². The molecule has 0 radical (unpaired) electrons. The van der Waals surface area contributed by atoms with E-state index >= 15 is 0 Å². The zero-order chi connectivity index (χ0) is 10.6. The quantitative estimate of drug-likeness (QED) is 0.245. The Labute approximate surface area is 83.9 Å². The van der Waals surface area contributed by atoms with Crippen LogP contribution >= 0.6 is 20.2 Å². The largest absolute Gasteiger partial charge is 0.480 e. The van der Waals surface area contributed by atoms with Crippen LogP contribution in [0.25, 0.3) is 0 Å². The second-order valence-corrected chi connectivity index (χ2v) is 3.39. The third-order valence-electron chi connectivity index (χ3n) is 0.930. The van der Waals surface area contributed by atoms with E-state index in [2.05, 4.69) is 0 Å². The first-order valence-electron chi connectivity index (χ1n) is 2.78. The molecule has 9 nitrogen and oxygen atoms in total. The number of hydrogen-bond donors (Lipinski definition) is 5. The Hall–Kier alpha value is -0.860. The predicted molar refractivity (Wildman–Crippen MR) is 44.0 cm³/mol. The molecule has 0 bridgehead atoms. The van der Waals surface area contributed by atoms with Crippen LogP contribution in [0.2, 0.25) is 0 Å². The summed E-state index contributed by atoms with van der Waals surface area (Å²) >= 11 is 0. The molecule has 0 atom stereocenters. The molecule has 2 amide bonds. The number of urea groups is 1. The minimum atomic E-state index is -5.02. The molecule has 5 N–H and O–H groups in total. The van der Waals surface area contributed by atoms with E-state index in [-0.39, 0.29) is 17.1 Å². The minimum absolute atomic E-state index is 0. The van der Waals surface area contributed by atoms with Gasteiger partial charge in [0.2, 0.25) is 0 Å². The van der Waals surface area contributed by atoms with Gasteiger partial charge in [0.1, 0.15) is 6.54 Å². The van der Waals surface area contributed by atoms with Crippen LogP contribution in [-0.2, 0) is 9.36 Å². The Kier molecular flexibility index (Phi) is 6.45. The van der Waals surface area contributed by atoms with Crippen molar-refractivity contribution in [2.75, 3.05) is 6.54 Å². The van der Waals surface area contributed by atoms with Crippen molar-refractivity contribution < 1.29 is 34.3 Å². The van der Waals surface area contributed by atoms with E-state index in [1.165, 1.54) is 0 Å². The van der Waals surface area contributed by atoms with Crippen LogP contribution < -0.4 is 5.48 Å². The summed E-state index contributed by atoms with van der Waals surface area (Å²) in [6, 6.07) is -1.59. The van der Waals surface area contributed by atoms with Gasteiger partial charge in [0.25, 0.3) is 0 Å². The minimum Gasteiger partial charge on any atom is -0.480 e. The molecule has 0 unspecified atom stereocenters. The van der Waals surface area contributed by atoms with Crippen molar-refractivity contribution in [3.05, 3.63) is 0 Å². The van der Waals surface area contributed by atoms with Crippen molar-refractivity contribution in [2.45, 2.75) is 0 Å². The molecule has 0 aromatic rings. The first-order valence-corrected chi connectivity index (χ1v) is 4.35. The average molecular weight is 251 g/mol. The van der Waals surface area contributed by atoms with Gasteiger partial charge < -0.3 is 14.9 Å². The highest BCUT2D eigenvalue weighted by molar-refractivity contribution is 7.50. The summed E-state index contributed by atoms with van der Waals surface area (Å²) in [6.45, 7) is -1.21. The number of nitrogens with one attached hydrogen (secondary N) is 1. The van der Waals surface area contributed by atoms with Crippen LogP contribution in [0.5, 0.6) is 0 Å². The lowest BCUT2D eigenvalue weighted by molar-refractivity contribution is -0.137. The Morgan fingerprint density at radius 1 is 1.36 bits per heavy atom. The summed E-state index contributed by atoms with van der Waals surface area (Å²) in [7, 11) is -5.02. The number of carbonyl (C=O) groups is 2. The Morgan fingerprint density at radius 2 is 1.79 bits per heavy atom. The number of carboxylic acids is 1. The monoisotopic (exact) mass is 250 g/mol. The standard InChI is InChI=1S/C3H7N2O7P.ClH/c6-2(7)1-5(3(8)4-9)13(10,11)12;/h9H,1H2,(H,4,8)(H,6,7)(H2,10,11,12);1H. The van der Waals surface area contributed by atoms with Gasteiger partial charge in [-0.1, -0.05) is 0 Å². The van der Waals surface area contributed by atoms with Gasteiger partial charge in [0.15, 0.2) is 0 Å². The molecular weight excluding hydrogens is 242 g/mol. The highest BCUT2D eigenvalue weighted by Crippen LogP contribution is 2.39. The lowest BCUT2D eigenvalue weighted by atomic mass is 10.6. The Bertz CT molecular complexity index is 264. The van der Waals surface area contributed by atoms with Gasteiger partial charge in [-0.2, -0.15) is 0 Å². The SMILES string of the molecule is Cl.O=C(O)CN(C(=O)NO)P(=O)(O)O. The molecule has 14 heavy (non-hydrogen) atoms. The van der Waals surface area contributed by atoms with E-state index < -0.39 is 26.3 Å². The number of rotatable bonds is 3. The van der Waals surface area contributed by atoms with E-state index in [0.29, 0.717) is 0 Å². The van der Waals surface area contributed by atoms with Crippen LogP contribution in [0, 0.1) is 0 Å². The molecule has 84 valence electrons. The Balaban J connectivity index is 0. The molecule has 0 aliphatic carbocycles. The first-order chi connectivity index (χ1) is 5.79. The van der Waals surface area contributed by atoms with Crippen molar-refractivity contribution >= 4 is 32.2 Å². The smallest absolute Gasteiger partial charge is 0.434 e. The zero-order valence-corrected chi connectivity index (χ0v) is 8.23. The fourth-order valence-corrected chi connectivity index (χ4v) is 1.05. The molecule has 0 aromatic heterocycles.